The topological polar surface area (TPSA) is 17.1 Å². The number of Topliss-reactive ketones (excluding diaryl/α,β-unsaturated/α-hetero) is 1. The van der Waals surface area contributed by atoms with E-state index in [-0.39, 0.29) is 18.0 Å². The van der Waals surface area contributed by atoms with Crippen molar-refractivity contribution < 1.29 is 18.0 Å². The second kappa shape index (κ2) is 6.32. The zero-order valence-corrected chi connectivity index (χ0v) is 9.17. The molecule has 0 aliphatic rings. The van der Waals surface area contributed by atoms with Gasteiger partial charge >= 0.3 is 6.18 Å². The molecule has 0 aliphatic heterocycles. The molecule has 0 saturated carbocycles. The van der Waals surface area contributed by atoms with Crippen LogP contribution in [0.15, 0.2) is 0 Å². The summed E-state index contributed by atoms with van der Waals surface area (Å²) in [6.07, 6.45) is -4.66. The van der Waals surface area contributed by atoms with Gasteiger partial charge in [-0.2, -0.15) is 24.9 Å². The third-order valence-corrected chi connectivity index (χ3v) is 3.18. The SMILES string of the molecule is CCC(C)SCC(=O)CCC(F)(F)F. The molecule has 84 valence electrons. The van der Waals surface area contributed by atoms with E-state index in [9.17, 15) is 18.0 Å². The third-order valence-electron chi connectivity index (χ3n) is 1.79. The quantitative estimate of drug-likeness (QED) is 0.692. The van der Waals surface area contributed by atoms with Gasteiger partial charge in [0.25, 0.3) is 0 Å². The number of thioether (sulfide) groups is 1. The standard InChI is InChI=1S/C9H15F3OS/c1-3-7(2)14-6-8(13)4-5-9(10,11)12/h7H,3-6H2,1-2H3. The van der Waals surface area contributed by atoms with E-state index in [0.29, 0.717) is 5.25 Å². The van der Waals surface area contributed by atoms with E-state index in [4.69, 9.17) is 0 Å². The maximum absolute atomic E-state index is 11.7. The number of hydrogen-bond acceptors (Lipinski definition) is 2. The van der Waals surface area contributed by atoms with Crippen LogP contribution in [0.2, 0.25) is 0 Å². The highest BCUT2D eigenvalue weighted by atomic mass is 32.2. The summed E-state index contributed by atoms with van der Waals surface area (Å²) >= 11 is 1.42. The Morgan fingerprint density at radius 1 is 1.43 bits per heavy atom. The first-order valence-corrected chi connectivity index (χ1v) is 5.60. The molecule has 14 heavy (non-hydrogen) atoms. The minimum Gasteiger partial charge on any atom is -0.299 e. The molecule has 0 heterocycles. The van der Waals surface area contributed by atoms with Crippen molar-refractivity contribution in [2.45, 2.75) is 44.5 Å². The number of halogens is 3. The van der Waals surface area contributed by atoms with Crippen LogP contribution in [-0.2, 0) is 4.79 Å². The Bertz CT molecular complexity index is 179. The van der Waals surface area contributed by atoms with Crippen molar-refractivity contribution in [2.24, 2.45) is 0 Å². The van der Waals surface area contributed by atoms with Crippen molar-refractivity contribution in [1.29, 1.82) is 0 Å². The van der Waals surface area contributed by atoms with Crippen LogP contribution in [0.4, 0.5) is 13.2 Å². The minimum atomic E-state index is -4.21. The molecule has 0 fully saturated rings. The fourth-order valence-corrected chi connectivity index (χ4v) is 1.56. The van der Waals surface area contributed by atoms with Crippen LogP contribution in [0.3, 0.4) is 0 Å². The van der Waals surface area contributed by atoms with Gasteiger partial charge in [-0.3, -0.25) is 4.79 Å². The molecule has 0 radical (unpaired) electrons. The summed E-state index contributed by atoms with van der Waals surface area (Å²) in [5, 5.41) is 0.338. The molecule has 5 heteroatoms. The summed E-state index contributed by atoms with van der Waals surface area (Å²) in [5.41, 5.74) is 0. The lowest BCUT2D eigenvalue weighted by Gasteiger charge is -2.08. The monoisotopic (exact) mass is 228 g/mol. The largest absolute Gasteiger partial charge is 0.389 e. The van der Waals surface area contributed by atoms with Gasteiger partial charge in [0.1, 0.15) is 5.78 Å². The summed E-state index contributed by atoms with van der Waals surface area (Å²) in [4.78, 5) is 11.0. The Hall–Kier alpha value is -0.190. The molecule has 0 aromatic heterocycles. The van der Waals surface area contributed by atoms with E-state index >= 15 is 0 Å². The number of hydrogen-bond donors (Lipinski definition) is 0. The molecule has 0 rings (SSSR count). The van der Waals surface area contributed by atoms with Gasteiger partial charge in [-0.1, -0.05) is 13.8 Å². The molecular formula is C9H15F3OS. The van der Waals surface area contributed by atoms with Crippen LogP contribution in [0.1, 0.15) is 33.1 Å². The van der Waals surface area contributed by atoms with Crippen molar-refractivity contribution in [3.05, 3.63) is 0 Å². The van der Waals surface area contributed by atoms with Crippen LogP contribution < -0.4 is 0 Å². The number of rotatable bonds is 6. The Labute approximate surface area is 86.4 Å². The highest BCUT2D eigenvalue weighted by Crippen LogP contribution is 2.22. The normalized spacial score (nSPS) is 14.1. The van der Waals surface area contributed by atoms with Crippen molar-refractivity contribution >= 4 is 17.5 Å². The number of carbonyl (C=O) groups is 1. The zero-order chi connectivity index (χ0) is 11.2. The molecule has 0 saturated heterocycles. The average Bonchev–Trinajstić information content (AvgIpc) is 2.09. The second-order valence-electron chi connectivity index (χ2n) is 3.18. The van der Waals surface area contributed by atoms with Crippen LogP contribution in [0.25, 0.3) is 0 Å². The molecule has 1 unspecified atom stereocenters. The van der Waals surface area contributed by atoms with E-state index in [1.807, 2.05) is 13.8 Å². The molecule has 0 aromatic carbocycles. The van der Waals surface area contributed by atoms with Crippen LogP contribution >= 0.6 is 11.8 Å². The first-order chi connectivity index (χ1) is 6.35. The zero-order valence-electron chi connectivity index (χ0n) is 8.36. The van der Waals surface area contributed by atoms with E-state index in [2.05, 4.69) is 0 Å². The maximum Gasteiger partial charge on any atom is 0.389 e. The molecule has 1 nitrogen and oxygen atoms in total. The first kappa shape index (κ1) is 13.8. The number of carbonyl (C=O) groups excluding carboxylic acids is 1. The van der Waals surface area contributed by atoms with Crippen molar-refractivity contribution in [1.82, 2.24) is 0 Å². The van der Waals surface area contributed by atoms with Gasteiger partial charge in [-0.15, -0.1) is 0 Å². The van der Waals surface area contributed by atoms with Gasteiger partial charge in [-0.05, 0) is 6.42 Å². The Kier molecular flexibility index (Phi) is 6.24. The number of alkyl halides is 3. The molecular weight excluding hydrogens is 213 g/mol. The lowest BCUT2D eigenvalue weighted by atomic mass is 10.2. The van der Waals surface area contributed by atoms with E-state index in [0.717, 1.165) is 6.42 Å². The van der Waals surface area contributed by atoms with Crippen LogP contribution in [0.5, 0.6) is 0 Å². The Morgan fingerprint density at radius 3 is 2.43 bits per heavy atom. The van der Waals surface area contributed by atoms with Gasteiger partial charge in [-0.25, -0.2) is 0 Å². The summed E-state index contributed by atoms with van der Waals surface area (Å²) in [6, 6.07) is 0. The average molecular weight is 228 g/mol. The Balaban J connectivity index is 3.57. The molecule has 0 bridgehead atoms. The lowest BCUT2D eigenvalue weighted by molar-refractivity contribution is -0.142. The second-order valence-corrected chi connectivity index (χ2v) is 4.61. The molecule has 0 N–H and O–H groups in total. The van der Waals surface area contributed by atoms with Crippen LogP contribution in [0, 0.1) is 0 Å². The van der Waals surface area contributed by atoms with Crippen molar-refractivity contribution in [3.8, 4) is 0 Å². The van der Waals surface area contributed by atoms with Crippen LogP contribution in [-0.4, -0.2) is 23.0 Å². The number of ketones is 1. The molecule has 0 spiro atoms. The van der Waals surface area contributed by atoms with Crippen molar-refractivity contribution in [2.75, 3.05) is 5.75 Å². The fraction of sp³-hybridized carbons (Fsp3) is 0.889. The Morgan fingerprint density at radius 2 is 2.00 bits per heavy atom. The van der Waals surface area contributed by atoms with E-state index in [1.165, 1.54) is 11.8 Å². The van der Waals surface area contributed by atoms with Crippen molar-refractivity contribution in [3.63, 3.8) is 0 Å². The minimum absolute atomic E-state index is 0.199. The predicted molar refractivity (Wildman–Crippen MR) is 52.5 cm³/mol. The molecule has 1 atom stereocenters. The summed E-state index contributed by atoms with van der Waals surface area (Å²) in [5.74, 6) is -0.113. The molecule has 0 amide bonds. The summed E-state index contributed by atoms with van der Waals surface area (Å²) < 4.78 is 35.2. The van der Waals surface area contributed by atoms with Gasteiger partial charge in [0.05, 0.1) is 12.2 Å². The maximum atomic E-state index is 11.7. The third kappa shape index (κ3) is 8.41. The summed E-state index contributed by atoms with van der Waals surface area (Å²) in [6.45, 7) is 3.94. The lowest BCUT2D eigenvalue weighted by Crippen LogP contribution is -2.12. The summed E-state index contributed by atoms with van der Waals surface area (Å²) in [7, 11) is 0. The molecule has 0 aliphatic carbocycles. The van der Waals surface area contributed by atoms with E-state index < -0.39 is 12.6 Å². The molecule has 0 aromatic rings. The van der Waals surface area contributed by atoms with Gasteiger partial charge in [0.15, 0.2) is 0 Å². The van der Waals surface area contributed by atoms with E-state index in [1.54, 1.807) is 0 Å². The van der Waals surface area contributed by atoms with Gasteiger partial charge in [0.2, 0.25) is 0 Å². The highest BCUT2D eigenvalue weighted by Gasteiger charge is 2.27. The fourth-order valence-electron chi connectivity index (χ4n) is 0.706. The smallest absolute Gasteiger partial charge is 0.299 e. The van der Waals surface area contributed by atoms with Gasteiger partial charge < -0.3 is 0 Å². The first-order valence-electron chi connectivity index (χ1n) is 4.55. The van der Waals surface area contributed by atoms with Gasteiger partial charge in [0, 0.05) is 11.7 Å². The highest BCUT2D eigenvalue weighted by molar-refractivity contribution is 8.00. The predicted octanol–water partition coefficient (Wildman–Crippen LogP) is 3.43.